The Morgan fingerprint density at radius 1 is 1.33 bits per heavy atom. The van der Waals surface area contributed by atoms with Crippen LogP contribution in [-0.4, -0.2) is 10.8 Å². The van der Waals surface area contributed by atoms with Crippen LogP contribution in [0.3, 0.4) is 0 Å². The number of nitrogens with one attached hydrogen (secondary N) is 1. The second-order valence-electron chi connectivity index (χ2n) is 3.58. The van der Waals surface area contributed by atoms with Crippen LogP contribution in [0.1, 0.15) is 12.6 Å². The van der Waals surface area contributed by atoms with Crippen LogP contribution < -0.4 is 5.43 Å². The van der Waals surface area contributed by atoms with Gasteiger partial charge >= 0.3 is 0 Å². The predicted octanol–water partition coefficient (Wildman–Crippen LogP) is 1.66. The molecule has 0 spiro atoms. The van der Waals surface area contributed by atoms with Gasteiger partial charge in [-0.1, -0.05) is 12.1 Å². The largest absolute Gasteiger partial charge is 0.358 e. The van der Waals surface area contributed by atoms with Crippen LogP contribution in [0.5, 0.6) is 0 Å². The molecule has 3 nitrogen and oxygen atoms in total. The summed E-state index contributed by atoms with van der Waals surface area (Å²) in [4.78, 5) is 25.7. The van der Waals surface area contributed by atoms with Crippen molar-refractivity contribution in [2.24, 2.45) is 0 Å². The molecule has 0 radical (unpaired) electrons. The highest BCUT2D eigenvalue weighted by atomic mass is 16.1. The van der Waals surface area contributed by atoms with Crippen LogP contribution in [0.15, 0.2) is 35.1 Å². The maximum atomic E-state index is 11.6. The quantitative estimate of drug-likeness (QED) is 0.803. The minimum Gasteiger partial charge on any atom is -0.358 e. The Labute approximate surface area is 86.8 Å². The molecule has 0 aliphatic heterocycles. The molecule has 0 atom stereocenters. The number of para-hydroxylation sites is 1. The molecule has 2 rings (SSSR count). The lowest BCUT2D eigenvalue weighted by Gasteiger charge is -2.01. The summed E-state index contributed by atoms with van der Waals surface area (Å²) in [5.74, 6) is 0.0425. The summed E-state index contributed by atoms with van der Waals surface area (Å²) in [6.45, 7) is 1.51. The number of Topliss-reactive ketones (excluding diaryl/α,β-unsaturated/α-hetero) is 1. The van der Waals surface area contributed by atoms with Gasteiger partial charge in [-0.15, -0.1) is 0 Å². The molecule has 1 heterocycles. The summed E-state index contributed by atoms with van der Waals surface area (Å²) in [5.41, 5.74) is 1.41. The molecule has 1 N–H and O–H groups in total. The third kappa shape index (κ3) is 1.96. The third-order valence-electron chi connectivity index (χ3n) is 2.23. The number of H-pyrrole nitrogens is 1. The predicted molar refractivity (Wildman–Crippen MR) is 59.0 cm³/mol. The van der Waals surface area contributed by atoms with Crippen molar-refractivity contribution in [1.82, 2.24) is 4.98 Å². The molecule has 1 aromatic carbocycles. The molecule has 0 bridgehead atoms. The number of pyridine rings is 1. The monoisotopic (exact) mass is 201 g/mol. The number of ketones is 1. The van der Waals surface area contributed by atoms with E-state index in [0.29, 0.717) is 11.1 Å². The Kier molecular flexibility index (Phi) is 2.37. The van der Waals surface area contributed by atoms with Crippen molar-refractivity contribution in [1.29, 1.82) is 0 Å². The average Bonchev–Trinajstić information content (AvgIpc) is 2.16. The highest BCUT2D eigenvalue weighted by molar-refractivity contribution is 5.81. The first-order chi connectivity index (χ1) is 7.16. The smallest absolute Gasteiger partial charge is 0.189 e. The molecule has 0 saturated heterocycles. The van der Waals surface area contributed by atoms with Gasteiger partial charge < -0.3 is 4.98 Å². The lowest BCUT2D eigenvalue weighted by atomic mass is 10.1. The van der Waals surface area contributed by atoms with Gasteiger partial charge in [-0.05, 0) is 19.1 Å². The van der Waals surface area contributed by atoms with Crippen LogP contribution in [-0.2, 0) is 11.2 Å². The van der Waals surface area contributed by atoms with Crippen LogP contribution in [0.4, 0.5) is 0 Å². The molecule has 0 aliphatic carbocycles. The Balaban J connectivity index is 2.62. The van der Waals surface area contributed by atoms with Gasteiger partial charge in [0.25, 0.3) is 0 Å². The van der Waals surface area contributed by atoms with E-state index in [1.165, 1.54) is 13.0 Å². The third-order valence-corrected chi connectivity index (χ3v) is 2.23. The standard InChI is InChI=1S/C12H11NO2/c1-8(14)6-9-7-12(15)10-4-2-3-5-11(10)13-9/h2-5,7H,6H2,1H3,(H,13,15). The van der Waals surface area contributed by atoms with Gasteiger partial charge in [0, 0.05) is 29.1 Å². The number of carbonyl (C=O) groups excluding carboxylic acids is 1. The zero-order chi connectivity index (χ0) is 10.8. The van der Waals surface area contributed by atoms with Crippen LogP contribution in [0.2, 0.25) is 0 Å². The molecule has 0 saturated carbocycles. The van der Waals surface area contributed by atoms with Gasteiger partial charge in [0.15, 0.2) is 5.43 Å². The van der Waals surface area contributed by atoms with Crippen molar-refractivity contribution >= 4 is 16.7 Å². The van der Waals surface area contributed by atoms with Crippen molar-refractivity contribution in [3.05, 3.63) is 46.2 Å². The van der Waals surface area contributed by atoms with Crippen LogP contribution in [0.25, 0.3) is 10.9 Å². The summed E-state index contributed by atoms with van der Waals surface area (Å²) in [6.07, 6.45) is 0.278. The molecule has 15 heavy (non-hydrogen) atoms. The number of fused-ring (bicyclic) bond motifs is 1. The normalized spacial score (nSPS) is 10.5. The molecule has 0 fully saturated rings. The van der Waals surface area contributed by atoms with E-state index in [1.807, 2.05) is 18.2 Å². The SMILES string of the molecule is CC(=O)Cc1cc(=O)c2ccccc2[nH]1. The van der Waals surface area contributed by atoms with Crippen molar-refractivity contribution in [2.75, 3.05) is 0 Å². The topological polar surface area (TPSA) is 49.9 Å². The second-order valence-corrected chi connectivity index (χ2v) is 3.58. The molecule has 3 heteroatoms. The summed E-state index contributed by atoms with van der Waals surface area (Å²) < 4.78 is 0. The molecule has 76 valence electrons. The Morgan fingerprint density at radius 3 is 2.80 bits per heavy atom. The fourth-order valence-electron chi connectivity index (χ4n) is 1.62. The zero-order valence-corrected chi connectivity index (χ0v) is 8.41. The highest BCUT2D eigenvalue weighted by Gasteiger charge is 2.02. The summed E-state index contributed by atoms with van der Waals surface area (Å²) in [5, 5.41) is 0.657. The van der Waals surface area contributed by atoms with Crippen LogP contribution in [0, 0.1) is 0 Å². The van der Waals surface area contributed by atoms with E-state index in [-0.39, 0.29) is 17.6 Å². The second kappa shape index (κ2) is 3.69. The molecule has 1 aromatic heterocycles. The fourth-order valence-corrected chi connectivity index (χ4v) is 1.62. The van der Waals surface area contributed by atoms with E-state index in [9.17, 15) is 9.59 Å². The van der Waals surface area contributed by atoms with Gasteiger partial charge in [-0.2, -0.15) is 0 Å². The fraction of sp³-hybridized carbons (Fsp3) is 0.167. The lowest BCUT2D eigenvalue weighted by molar-refractivity contribution is -0.116. The summed E-state index contributed by atoms with van der Waals surface area (Å²) in [6, 6.07) is 8.77. The molecular formula is C12H11NO2. The first-order valence-electron chi connectivity index (χ1n) is 4.77. The van der Waals surface area contributed by atoms with Gasteiger partial charge in [0.05, 0.1) is 0 Å². The number of rotatable bonds is 2. The average molecular weight is 201 g/mol. The minimum atomic E-state index is -0.0411. The maximum absolute atomic E-state index is 11.6. The van der Waals surface area contributed by atoms with Gasteiger partial charge in [0.1, 0.15) is 5.78 Å². The molecule has 2 aromatic rings. The molecule has 0 aliphatic rings. The number of carbonyl (C=O) groups is 1. The van der Waals surface area contributed by atoms with E-state index in [1.54, 1.807) is 6.07 Å². The Bertz CT molecular complexity index is 569. The first-order valence-corrected chi connectivity index (χ1v) is 4.77. The van der Waals surface area contributed by atoms with E-state index >= 15 is 0 Å². The lowest BCUT2D eigenvalue weighted by Crippen LogP contribution is -2.07. The van der Waals surface area contributed by atoms with Crippen molar-refractivity contribution in [3.63, 3.8) is 0 Å². The number of benzene rings is 1. The van der Waals surface area contributed by atoms with Crippen molar-refractivity contribution in [3.8, 4) is 0 Å². The zero-order valence-electron chi connectivity index (χ0n) is 8.41. The van der Waals surface area contributed by atoms with Crippen molar-refractivity contribution in [2.45, 2.75) is 13.3 Å². The number of aromatic amines is 1. The van der Waals surface area contributed by atoms with E-state index in [0.717, 1.165) is 5.52 Å². The highest BCUT2D eigenvalue weighted by Crippen LogP contribution is 2.07. The van der Waals surface area contributed by atoms with Gasteiger partial charge in [-0.25, -0.2) is 0 Å². The van der Waals surface area contributed by atoms with Crippen molar-refractivity contribution < 1.29 is 4.79 Å². The first kappa shape index (κ1) is 9.65. The molecule has 0 amide bonds. The van der Waals surface area contributed by atoms with E-state index < -0.39 is 0 Å². The summed E-state index contributed by atoms with van der Waals surface area (Å²) in [7, 11) is 0. The molecular weight excluding hydrogens is 190 g/mol. The minimum absolute atomic E-state index is 0.0411. The van der Waals surface area contributed by atoms with Gasteiger partial charge in [0.2, 0.25) is 0 Å². The van der Waals surface area contributed by atoms with E-state index in [2.05, 4.69) is 4.98 Å². The number of hydrogen-bond acceptors (Lipinski definition) is 2. The van der Waals surface area contributed by atoms with E-state index in [4.69, 9.17) is 0 Å². The van der Waals surface area contributed by atoms with Gasteiger partial charge in [-0.3, -0.25) is 9.59 Å². The molecule has 0 unspecified atom stereocenters. The maximum Gasteiger partial charge on any atom is 0.189 e. The Morgan fingerprint density at radius 2 is 2.07 bits per heavy atom. The Hall–Kier alpha value is -1.90. The number of aromatic nitrogens is 1. The summed E-state index contributed by atoms with van der Waals surface area (Å²) >= 11 is 0. The van der Waals surface area contributed by atoms with Crippen LogP contribution >= 0.6 is 0 Å². The number of hydrogen-bond donors (Lipinski definition) is 1.